The first-order valence-electron chi connectivity index (χ1n) is 9.30. The molecule has 146 valence electrons. The van der Waals surface area contributed by atoms with Crippen LogP contribution in [-0.2, 0) is 11.3 Å². The molecule has 2 amide bonds. The minimum atomic E-state index is -0.208. The predicted octanol–water partition coefficient (Wildman–Crippen LogP) is 4.42. The van der Waals surface area contributed by atoms with Crippen LogP contribution in [0.1, 0.15) is 27.0 Å². The van der Waals surface area contributed by atoms with Gasteiger partial charge in [-0.2, -0.15) is 0 Å². The number of aryl methyl sites for hydroxylation is 2. The third kappa shape index (κ3) is 4.96. The number of anilines is 1. The molecule has 0 unspecified atom stereocenters. The van der Waals surface area contributed by atoms with Crippen LogP contribution in [0.5, 0.6) is 0 Å². The topological polar surface area (TPSA) is 71.1 Å². The number of para-hydroxylation sites is 1. The summed E-state index contributed by atoms with van der Waals surface area (Å²) in [6.07, 6.45) is 4.53. The van der Waals surface area contributed by atoms with Crippen molar-refractivity contribution in [2.75, 3.05) is 5.32 Å². The van der Waals surface area contributed by atoms with Gasteiger partial charge in [-0.25, -0.2) is 0 Å². The average molecular weight is 385 g/mol. The Morgan fingerprint density at radius 3 is 2.34 bits per heavy atom. The normalized spacial score (nSPS) is 10.3. The predicted molar refractivity (Wildman–Crippen MR) is 116 cm³/mol. The smallest absolute Gasteiger partial charge is 0.257 e. The summed E-state index contributed by atoms with van der Waals surface area (Å²) in [6, 6.07) is 15.5. The number of nitrogens with zero attached hydrogens (tertiary/aromatic N) is 1. The number of amides is 2. The first kappa shape index (κ1) is 20.0. The summed E-state index contributed by atoms with van der Waals surface area (Å²) in [5.41, 5.74) is 6.11. The van der Waals surface area contributed by atoms with E-state index in [9.17, 15) is 9.59 Å². The molecule has 5 heteroatoms. The Balaban J connectivity index is 1.76. The fraction of sp³-hybridized carbons (Fsp3) is 0.125. The molecule has 0 bridgehead atoms. The van der Waals surface area contributed by atoms with Crippen molar-refractivity contribution in [3.05, 3.63) is 95.8 Å². The van der Waals surface area contributed by atoms with Crippen molar-refractivity contribution in [3.63, 3.8) is 0 Å². The summed E-state index contributed by atoms with van der Waals surface area (Å²) in [5, 5.41) is 5.73. The Kier molecular flexibility index (Phi) is 6.19. The van der Waals surface area contributed by atoms with Crippen molar-refractivity contribution >= 4 is 17.5 Å². The molecular formula is C24H23N3O2. The Morgan fingerprint density at radius 1 is 1.00 bits per heavy atom. The summed E-state index contributed by atoms with van der Waals surface area (Å²) in [7, 11) is 0. The second-order valence-corrected chi connectivity index (χ2v) is 6.80. The van der Waals surface area contributed by atoms with Gasteiger partial charge in [-0.3, -0.25) is 14.6 Å². The van der Waals surface area contributed by atoms with E-state index in [1.165, 1.54) is 6.08 Å². The van der Waals surface area contributed by atoms with Gasteiger partial charge in [0.05, 0.1) is 5.56 Å². The molecule has 5 nitrogen and oxygen atoms in total. The molecule has 2 aromatic carbocycles. The number of aromatic nitrogens is 1. The molecule has 0 aliphatic carbocycles. The quantitative estimate of drug-likeness (QED) is 0.617. The van der Waals surface area contributed by atoms with Crippen molar-refractivity contribution in [2.24, 2.45) is 0 Å². The van der Waals surface area contributed by atoms with Crippen molar-refractivity contribution in [2.45, 2.75) is 20.4 Å². The van der Waals surface area contributed by atoms with Gasteiger partial charge in [0.1, 0.15) is 0 Å². The third-order valence-electron chi connectivity index (χ3n) is 4.66. The molecule has 1 aromatic heterocycles. The number of carbonyl (C=O) groups excluding carboxylic acids is 2. The minimum absolute atomic E-state index is 0.194. The number of hydrogen-bond acceptors (Lipinski definition) is 3. The Morgan fingerprint density at radius 2 is 1.69 bits per heavy atom. The molecule has 0 radical (unpaired) electrons. The first-order valence-corrected chi connectivity index (χ1v) is 9.30. The zero-order chi connectivity index (χ0) is 20.8. The Hall–Kier alpha value is -3.73. The highest BCUT2D eigenvalue weighted by Gasteiger charge is 2.11. The number of benzene rings is 2. The highest BCUT2D eigenvalue weighted by molar-refractivity contribution is 6.05. The second-order valence-electron chi connectivity index (χ2n) is 6.80. The maximum absolute atomic E-state index is 12.7. The van der Waals surface area contributed by atoms with E-state index in [1.54, 1.807) is 12.4 Å². The van der Waals surface area contributed by atoms with E-state index in [0.29, 0.717) is 12.1 Å². The van der Waals surface area contributed by atoms with Gasteiger partial charge in [-0.15, -0.1) is 0 Å². The van der Waals surface area contributed by atoms with Crippen LogP contribution in [0.15, 0.2) is 73.6 Å². The van der Waals surface area contributed by atoms with Crippen molar-refractivity contribution in [1.82, 2.24) is 10.3 Å². The zero-order valence-electron chi connectivity index (χ0n) is 16.5. The fourth-order valence-corrected chi connectivity index (χ4v) is 3.00. The van der Waals surface area contributed by atoms with Gasteiger partial charge in [0.25, 0.3) is 5.91 Å². The van der Waals surface area contributed by atoms with E-state index in [4.69, 9.17) is 0 Å². The molecule has 3 rings (SSSR count). The van der Waals surface area contributed by atoms with E-state index in [1.807, 2.05) is 62.4 Å². The molecule has 0 atom stereocenters. The van der Waals surface area contributed by atoms with Crippen LogP contribution in [0.25, 0.3) is 11.1 Å². The molecule has 0 saturated heterocycles. The van der Waals surface area contributed by atoms with Gasteiger partial charge in [-0.05, 0) is 48.2 Å². The van der Waals surface area contributed by atoms with E-state index in [0.717, 1.165) is 33.5 Å². The number of hydrogen-bond donors (Lipinski definition) is 2. The Bertz CT molecular complexity index is 1040. The monoisotopic (exact) mass is 385 g/mol. The van der Waals surface area contributed by atoms with Crippen LogP contribution >= 0.6 is 0 Å². The lowest BCUT2D eigenvalue weighted by atomic mass is 10.0. The van der Waals surface area contributed by atoms with Gasteiger partial charge < -0.3 is 10.6 Å². The summed E-state index contributed by atoms with van der Waals surface area (Å²) in [5.74, 6) is -0.401. The van der Waals surface area contributed by atoms with Gasteiger partial charge >= 0.3 is 0 Å². The SMILES string of the molecule is C=CC(=O)NCc1ccc(-c2cncc(C(=O)Nc3c(C)cccc3C)c2)cc1. The lowest BCUT2D eigenvalue weighted by molar-refractivity contribution is -0.116. The molecule has 0 aliphatic rings. The van der Waals surface area contributed by atoms with Crippen molar-refractivity contribution in [3.8, 4) is 11.1 Å². The van der Waals surface area contributed by atoms with Crippen LogP contribution in [0.2, 0.25) is 0 Å². The fourth-order valence-electron chi connectivity index (χ4n) is 3.00. The highest BCUT2D eigenvalue weighted by Crippen LogP contribution is 2.23. The molecular weight excluding hydrogens is 362 g/mol. The lowest BCUT2D eigenvalue weighted by Crippen LogP contribution is -2.19. The third-order valence-corrected chi connectivity index (χ3v) is 4.66. The van der Waals surface area contributed by atoms with Crippen molar-refractivity contribution < 1.29 is 9.59 Å². The number of nitrogens with one attached hydrogen (secondary N) is 2. The minimum Gasteiger partial charge on any atom is -0.348 e. The summed E-state index contributed by atoms with van der Waals surface area (Å²) >= 11 is 0. The maximum Gasteiger partial charge on any atom is 0.257 e. The maximum atomic E-state index is 12.7. The number of carbonyl (C=O) groups is 2. The summed E-state index contributed by atoms with van der Waals surface area (Å²) in [6.45, 7) is 7.80. The number of pyridine rings is 1. The number of rotatable bonds is 6. The molecule has 3 aromatic rings. The largest absolute Gasteiger partial charge is 0.348 e. The van der Waals surface area contributed by atoms with E-state index >= 15 is 0 Å². The van der Waals surface area contributed by atoms with Crippen LogP contribution in [0.3, 0.4) is 0 Å². The molecule has 0 spiro atoms. The summed E-state index contributed by atoms with van der Waals surface area (Å²) in [4.78, 5) is 28.2. The molecule has 0 fully saturated rings. The summed E-state index contributed by atoms with van der Waals surface area (Å²) < 4.78 is 0. The lowest BCUT2D eigenvalue weighted by Gasteiger charge is -2.12. The van der Waals surface area contributed by atoms with Crippen LogP contribution in [-0.4, -0.2) is 16.8 Å². The van der Waals surface area contributed by atoms with Gasteiger partial charge in [-0.1, -0.05) is 49.0 Å². The van der Waals surface area contributed by atoms with E-state index in [2.05, 4.69) is 22.2 Å². The molecule has 2 N–H and O–H groups in total. The molecule has 29 heavy (non-hydrogen) atoms. The van der Waals surface area contributed by atoms with Crippen LogP contribution in [0, 0.1) is 13.8 Å². The van der Waals surface area contributed by atoms with Crippen LogP contribution < -0.4 is 10.6 Å². The standard InChI is InChI=1S/C24H23N3O2/c1-4-22(28)26-13-18-8-10-19(11-9-18)20-12-21(15-25-14-20)24(29)27-23-16(2)6-5-7-17(23)3/h4-12,14-15H,1,13H2,2-3H3,(H,26,28)(H,27,29). The first-order chi connectivity index (χ1) is 14.0. The van der Waals surface area contributed by atoms with E-state index < -0.39 is 0 Å². The molecule has 0 aliphatic heterocycles. The molecule has 0 saturated carbocycles. The van der Waals surface area contributed by atoms with Crippen LogP contribution in [0.4, 0.5) is 5.69 Å². The zero-order valence-corrected chi connectivity index (χ0v) is 16.5. The van der Waals surface area contributed by atoms with Gasteiger partial charge in [0.15, 0.2) is 0 Å². The average Bonchev–Trinajstić information content (AvgIpc) is 2.75. The molecule has 1 heterocycles. The highest BCUT2D eigenvalue weighted by atomic mass is 16.2. The van der Waals surface area contributed by atoms with E-state index in [-0.39, 0.29) is 11.8 Å². The van der Waals surface area contributed by atoms with Gasteiger partial charge in [0.2, 0.25) is 5.91 Å². The van der Waals surface area contributed by atoms with Gasteiger partial charge in [0, 0.05) is 30.2 Å². The second kappa shape index (κ2) is 8.97. The van der Waals surface area contributed by atoms with Crippen molar-refractivity contribution in [1.29, 1.82) is 0 Å². The Labute approximate surface area is 170 Å².